The van der Waals surface area contributed by atoms with Crippen molar-refractivity contribution < 1.29 is 14.6 Å². The third kappa shape index (κ3) is 5.42. The van der Waals surface area contributed by atoms with E-state index in [1.807, 2.05) is 20.8 Å². The molecule has 0 amide bonds. The normalized spacial score (nSPS) is 19.5. The predicted molar refractivity (Wildman–Crippen MR) is 63.7 cm³/mol. The number of rotatable bonds is 5. The molecule has 0 aromatic heterocycles. The summed E-state index contributed by atoms with van der Waals surface area (Å²) < 4.78 is 5.07. The van der Waals surface area contributed by atoms with E-state index in [1.54, 1.807) is 13.8 Å². The Hall–Kier alpha value is -0.220. The van der Waals surface area contributed by atoms with Gasteiger partial charge in [0.05, 0.1) is 0 Å². The Morgan fingerprint density at radius 3 is 2.13 bits per heavy atom. The SMILES string of the molecule is CC(=O)OC(C)C(C)C(C)(O)SC(C)C. The van der Waals surface area contributed by atoms with E-state index < -0.39 is 4.93 Å². The fourth-order valence-electron chi connectivity index (χ4n) is 1.38. The van der Waals surface area contributed by atoms with Gasteiger partial charge >= 0.3 is 5.97 Å². The summed E-state index contributed by atoms with van der Waals surface area (Å²) in [4.78, 5) is 9.93. The highest BCUT2D eigenvalue weighted by Crippen LogP contribution is 2.35. The Morgan fingerprint density at radius 1 is 1.33 bits per heavy atom. The first kappa shape index (κ1) is 14.8. The largest absolute Gasteiger partial charge is 0.462 e. The first-order valence-corrected chi connectivity index (χ1v) is 6.12. The predicted octanol–water partition coefficient (Wildman–Crippen LogP) is 2.42. The van der Waals surface area contributed by atoms with Gasteiger partial charge < -0.3 is 9.84 Å². The Balaban J connectivity index is 4.39. The van der Waals surface area contributed by atoms with Gasteiger partial charge in [-0.15, -0.1) is 11.8 Å². The molecule has 3 atom stereocenters. The molecule has 3 unspecified atom stereocenters. The van der Waals surface area contributed by atoms with E-state index in [1.165, 1.54) is 18.7 Å². The van der Waals surface area contributed by atoms with Crippen molar-refractivity contribution in [3.63, 3.8) is 0 Å². The van der Waals surface area contributed by atoms with Crippen LogP contribution in [-0.2, 0) is 9.53 Å². The summed E-state index contributed by atoms with van der Waals surface area (Å²) in [6.07, 6.45) is -0.274. The van der Waals surface area contributed by atoms with Gasteiger partial charge in [0.2, 0.25) is 0 Å². The van der Waals surface area contributed by atoms with E-state index >= 15 is 0 Å². The summed E-state index contributed by atoms with van der Waals surface area (Å²) in [7, 11) is 0. The number of ether oxygens (including phenoxy) is 1. The van der Waals surface area contributed by atoms with Crippen LogP contribution in [0.1, 0.15) is 41.5 Å². The van der Waals surface area contributed by atoms with E-state index in [0.29, 0.717) is 5.25 Å². The number of hydrogen-bond acceptors (Lipinski definition) is 4. The topological polar surface area (TPSA) is 46.5 Å². The number of carbonyl (C=O) groups excluding carboxylic acids is 1. The highest BCUT2D eigenvalue weighted by Gasteiger charge is 2.35. The second-order valence-electron chi connectivity index (χ2n) is 4.32. The monoisotopic (exact) mass is 234 g/mol. The number of hydrogen-bond donors (Lipinski definition) is 1. The molecule has 0 aromatic rings. The van der Waals surface area contributed by atoms with Crippen LogP contribution in [0.4, 0.5) is 0 Å². The molecule has 0 heterocycles. The summed E-state index contributed by atoms with van der Waals surface area (Å²) in [5.41, 5.74) is 0. The number of thioether (sulfide) groups is 1. The van der Waals surface area contributed by atoms with Crippen molar-refractivity contribution in [1.82, 2.24) is 0 Å². The highest BCUT2D eigenvalue weighted by atomic mass is 32.2. The molecule has 0 aliphatic carbocycles. The summed E-state index contributed by atoms with van der Waals surface area (Å²) in [5.74, 6) is -0.409. The zero-order valence-corrected chi connectivity index (χ0v) is 11.2. The van der Waals surface area contributed by atoms with Crippen molar-refractivity contribution in [2.75, 3.05) is 0 Å². The second kappa shape index (κ2) is 5.75. The molecule has 0 aliphatic rings. The van der Waals surface area contributed by atoms with E-state index in [0.717, 1.165) is 0 Å². The van der Waals surface area contributed by atoms with Gasteiger partial charge in [0.25, 0.3) is 0 Å². The molecule has 0 radical (unpaired) electrons. The summed E-state index contributed by atoms with van der Waals surface area (Å²) >= 11 is 1.48. The van der Waals surface area contributed by atoms with E-state index in [9.17, 15) is 9.90 Å². The van der Waals surface area contributed by atoms with E-state index in [2.05, 4.69) is 0 Å². The molecule has 1 N–H and O–H groups in total. The lowest BCUT2D eigenvalue weighted by molar-refractivity contribution is -0.150. The minimum atomic E-state index is -0.872. The zero-order chi connectivity index (χ0) is 12.2. The minimum absolute atomic E-state index is 0.103. The second-order valence-corrected chi connectivity index (χ2v) is 6.33. The minimum Gasteiger partial charge on any atom is -0.462 e. The summed E-state index contributed by atoms with van der Waals surface area (Å²) in [5, 5.41) is 10.5. The van der Waals surface area contributed by atoms with Gasteiger partial charge in [-0.25, -0.2) is 0 Å². The van der Waals surface area contributed by atoms with Gasteiger partial charge in [0.15, 0.2) is 0 Å². The molecule has 0 aromatic carbocycles. The molecular formula is C11H22O3S. The maximum Gasteiger partial charge on any atom is 0.302 e. The van der Waals surface area contributed by atoms with Crippen molar-refractivity contribution in [3.8, 4) is 0 Å². The van der Waals surface area contributed by atoms with Crippen LogP contribution in [-0.4, -0.2) is 27.4 Å². The van der Waals surface area contributed by atoms with Gasteiger partial charge in [-0.2, -0.15) is 0 Å². The maximum absolute atomic E-state index is 10.8. The van der Waals surface area contributed by atoms with Crippen molar-refractivity contribution in [2.45, 2.75) is 57.8 Å². The Bertz CT molecular complexity index is 214. The third-order valence-electron chi connectivity index (χ3n) is 2.38. The average molecular weight is 234 g/mol. The first-order valence-electron chi connectivity index (χ1n) is 5.24. The van der Waals surface area contributed by atoms with E-state index in [-0.39, 0.29) is 18.0 Å². The van der Waals surface area contributed by atoms with Crippen LogP contribution in [0.15, 0.2) is 0 Å². The molecule has 0 rings (SSSR count). The summed E-state index contributed by atoms with van der Waals surface area (Å²) in [6.45, 7) is 10.9. The maximum atomic E-state index is 10.8. The lowest BCUT2D eigenvalue weighted by Gasteiger charge is -2.34. The first-order chi connectivity index (χ1) is 6.66. The average Bonchev–Trinajstić information content (AvgIpc) is 1.98. The fraction of sp³-hybridized carbons (Fsp3) is 0.909. The van der Waals surface area contributed by atoms with Crippen LogP contribution in [0.3, 0.4) is 0 Å². The van der Waals surface area contributed by atoms with Crippen LogP contribution in [0, 0.1) is 5.92 Å². The summed E-state index contributed by atoms with van der Waals surface area (Å²) in [6, 6.07) is 0. The molecule has 0 aliphatic heterocycles. The third-order valence-corrected chi connectivity index (χ3v) is 3.70. The molecular weight excluding hydrogens is 212 g/mol. The highest BCUT2D eigenvalue weighted by molar-refractivity contribution is 8.01. The molecule has 0 bridgehead atoms. The van der Waals surface area contributed by atoms with Gasteiger partial charge in [0.1, 0.15) is 11.0 Å². The van der Waals surface area contributed by atoms with Crippen LogP contribution in [0.25, 0.3) is 0 Å². The van der Waals surface area contributed by atoms with Crippen LogP contribution >= 0.6 is 11.8 Å². The fourth-order valence-corrected chi connectivity index (χ4v) is 2.74. The smallest absolute Gasteiger partial charge is 0.302 e. The van der Waals surface area contributed by atoms with Gasteiger partial charge in [-0.3, -0.25) is 4.79 Å². The Labute approximate surface area is 96.6 Å². The number of carbonyl (C=O) groups is 1. The van der Waals surface area contributed by atoms with Gasteiger partial charge in [0, 0.05) is 18.1 Å². The quantitative estimate of drug-likeness (QED) is 0.586. The van der Waals surface area contributed by atoms with Crippen LogP contribution in [0.2, 0.25) is 0 Å². The molecule has 0 fully saturated rings. The molecule has 4 heteroatoms. The Morgan fingerprint density at radius 2 is 1.80 bits per heavy atom. The molecule has 0 saturated carbocycles. The molecule has 15 heavy (non-hydrogen) atoms. The van der Waals surface area contributed by atoms with Crippen molar-refractivity contribution in [2.24, 2.45) is 5.92 Å². The number of esters is 1. The lowest BCUT2D eigenvalue weighted by atomic mass is 10.00. The van der Waals surface area contributed by atoms with E-state index in [4.69, 9.17) is 4.74 Å². The molecule has 0 saturated heterocycles. The van der Waals surface area contributed by atoms with Crippen molar-refractivity contribution in [3.05, 3.63) is 0 Å². The zero-order valence-electron chi connectivity index (χ0n) is 10.4. The number of aliphatic hydroxyl groups is 1. The van der Waals surface area contributed by atoms with Gasteiger partial charge in [-0.05, 0) is 13.8 Å². The standard InChI is InChI=1S/C11H22O3S/c1-7(2)15-11(6,13)8(3)9(4)14-10(5)12/h7-9,13H,1-6H3. The lowest BCUT2D eigenvalue weighted by Crippen LogP contribution is -2.38. The molecule has 90 valence electrons. The van der Waals surface area contributed by atoms with Crippen molar-refractivity contribution >= 4 is 17.7 Å². The van der Waals surface area contributed by atoms with Crippen molar-refractivity contribution in [1.29, 1.82) is 0 Å². The molecule has 3 nitrogen and oxygen atoms in total. The van der Waals surface area contributed by atoms with Crippen LogP contribution in [0.5, 0.6) is 0 Å². The van der Waals surface area contributed by atoms with Crippen LogP contribution < -0.4 is 0 Å². The van der Waals surface area contributed by atoms with Gasteiger partial charge in [-0.1, -0.05) is 20.8 Å². The Kier molecular flexibility index (Phi) is 5.67. The molecule has 0 spiro atoms.